The Hall–Kier alpha value is -1.17. The second-order valence-electron chi connectivity index (χ2n) is 4.54. The van der Waals surface area contributed by atoms with E-state index in [1.54, 1.807) is 11.3 Å². The van der Waals surface area contributed by atoms with Crippen molar-refractivity contribution >= 4 is 11.3 Å². The Morgan fingerprint density at radius 2 is 2.53 bits per heavy atom. The van der Waals surface area contributed by atoms with Gasteiger partial charge in [-0.15, -0.1) is 11.3 Å². The largest absolute Gasteiger partial charge is 0.326 e. The van der Waals surface area contributed by atoms with Crippen molar-refractivity contribution in [3.8, 4) is 10.6 Å². The minimum absolute atomic E-state index is 0.342. The lowest BCUT2D eigenvalue weighted by atomic mass is 10.3. The number of nitrogens with one attached hydrogen (secondary N) is 1. The molecule has 3 heterocycles. The number of aromatic nitrogens is 2. The lowest BCUT2D eigenvalue weighted by molar-refractivity contribution is 0.322. The molecule has 17 heavy (non-hydrogen) atoms. The first-order chi connectivity index (χ1) is 8.31. The average molecular weight is 248 g/mol. The van der Waals surface area contributed by atoms with Gasteiger partial charge in [0.2, 0.25) is 0 Å². The van der Waals surface area contributed by atoms with E-state index in [4.69, 9.17) is 5.73 Å². The molecule has 2 aromatic heterocycles. The third-order valence-corrected chi connectivity index (χ3v) is 4.00. The average Bonchev–Trinajstić information content (AvgIpc) is 3.00. The number of hydrogen-bond donors (Lipinski definition) is 2. The van der Waals surface area contributed by atoms with Crippen LogP contribution >= 0.6 is 11.3 Å². The highest BCUT2D eigenvalue weighted by Gasteiger charge is 2.19. The van der Waals surface area contributed by atoms with E-state index >= 15 is 0 Å². The maximum absolute atomic E-state index is 5.90. The van der Waals surface area contributed by atoms with Gasteiger partial charge in [0, 0.05) is 31.4 Å². The molecule has 4 nitrogen and oxygen atoms in total. The number of nitrogens with two attached hydrogens (primary N) is 1. The summed E-state index contributed by atoms with van der Waals surface area (Å²) in [4.78, 5) is 3.58. The van der Waals surface area contributed by atoms with E-state index in [0.717, 1.165) is 31.7 Å². The summed E-state index contributed by atoms with van der Waals surface area (Å²) in [6, 6.07) is 6.62. The highest BCUT2D eigenvalue weighted by Crippen LogP contribution is 2.23. The van der Waals surface area contributed by atoms with Crippen LogP contribution in [0, 0.1) is 0 Å². The van der Waals surface area contributed by atoms with E-state index in [-0.39, 0.29) is 0 Å². The molecule has 3 rings (SSSR count). The van der Waals surface area contributed by atoms with Crippen molar-refractivity contribution < 1.29 is 0 Å². The van der Waals surface area contributed by atoms with Gasteiger partial charge in [0.15, 0.2) is 0 Å². The van der Waals surface area contributed by atoms with Gasteiger partial charge in [0.25, 0.3) is 0 Å². The van der Waals surface area contributed by atoms with Gasteiger partial charge >= 0.3 is 0 Å². The minimum Gasteiger partial charge on any atom is -0.326 e. The maximum atomic E-state index is 5.90. The van der Waals surface area contributed by atoms with E-state index in [1.807, 2.05) is 6.07 Å². The molecule has 0 aromatic carbocycles. The van der Waals surface area contributed by atoms with Crippen LogP contribution < -0.4 is 5.73 Å². The highest BCUT2D eigenvalue weighted by atomic mass is 32.1. The third kappa shape index (κ3) is 2.41. The predicted octanol–water partition coefficient (Wildman–Crippen LogP) is 1.67. The maximum Gasteiger partial charge on any atom is 0.102 e. The zero-order valence-electron chi connectivity index (χ0n) is 9.60. The first-order valence-electron chi connectivity index (χ1n) is 5.87. The molecule has 0 amide bonds. The number of thiophene rings is 1. The summed E-state index contributed by atoms with van der Waals surface area (Å²) < 4.78 is 0. The molecule has 2 aromatic rings. The normalized spacial score (nSPS) is 21.1. The molecule has 1 atom stereocenters. The van der Waals surface area contributed by atoms with Gasteiger partial charge in [0.05, 0.1) is 4.88 Å². The molecule has 1 aliphatic rings. The van der Waals surface area contributed by atoms with Crippen LogP contribution in [0.3, 0.4) is 0 Å². The fraction of sp³-hybridized carbons (Fsp3) is 0.417. The van der Waals surface area contributed by atoms with E-state index in [1.165, 1.54) is 10.6 Å². The summed E-state index contributed by atoms with van der Waals surface area (Å²) in [6.45, 7) is 3.01. The zero-order chi connectivity index (χ0) is 11.7. The van der Waals surface area contributed by atoms with Gasteiger partial charge in [-0.05, 0) is 23.9 Å². The van der Waals surface area contributed by atoms with Gasteiger partial charge in [-0.3, -0.25) is 10.00 Å². The summed E-state index contributed by atoms with van der Waals surface area (Å²) in [7, 11) is 0. The Balaban J connectivity index is 1.69. The molecule has 0 radical (unpaired) electrons. The smallest absolute Gasteiger partial charge is 0.102 e. The van der Waals surface area contributed by atoms with E-state index in [2.05, 4.69) is 32.6 Å². The second kappa shape index (κ2) is 4.60. The van der Waals surface area contributed by atoms with Crippen LogP contribution in [0.1, 0.15) is 12.1 Å². The molecule has 0 spiro atoms. The summed E-state index contributed by atoms with van der Waals surface area (Å²) in [5.41, 5.74) is 8.10. The van der Waals surface area contributed by atoms with Gasteiger partial charge in [-0.25, -0.2) is 0 Å². The molecule has 5 heteroatoms. The number of hydrogen-bond acceptors (Lipinski definition) is 4. The molecule has 1 fully saturated rings. The van der Waals surface area contributed by atoms with Crippen LogP contribution in [0.25, 0.3) is 10.6 Å². The molecule has 0 aliphatic carbocycles. The van der Waals surface area contributed by atoms with Crippen molar-refractivity contribution in [2.45, 2.75) is 19.0 Å². The highest BCUT2D eigenvalue weighted by molar-refractivity contribution is 7.13. The SMILES string of the molecule is N[C@H]1CCN(Cc2cc(-c3cccs3)n[nH]2)C1. The first kappa shape index (κ1) is 11.0. The number of nitrogens with zero attached hydrogens (tertiary/aromatic N) is 2. The Morgan fingerprint density at radius 1 is 1.59 bits per heavy atom. The van der Waals surface area contributed by atoms with Crippen molar-refractivity contribution in [3.05, 3.63) is 29.3 Å². The van der Waals surface area contributed by atoms with Crippen molar-refractivity contribution in [1.82, 2.24) is 15.1 Å². The first-order valence-corrected chi connectivity index (χ1v) is 6.75. The fourth-order valence-corrected chi connectivity index (χ4v) is 2.93. The van der Waals surface area contributed by atoms with Crippen molar-refractivity contribution in [3.63, 3.8) is 0 Å². The van der Waals surface area contributed by atoms with Crippen LogP contribution in [-0.2, 0) is 6.54 Å². The van der Waals surface area contributed by atoms with Crippen molar-refractivity contribution in [2.75, 3.05) is 13.1 Å². The molecule has 90 valence electrons. The fourth-order valence-electron chi connectivity index (χ4n) is 2.24. The monoisotopic (exact) mass is 248 g/mol. The Morgan fingerprint density at radius 3 is 3.24 bits per heavy atom. The minimum atomic E-state index is 0.342. The summed E-state index contributed by atoms with van der Waals surface area (Å²) in [6.07, 6.45) is 1.10. The van der Waals surface area contributed by atoms with E-state index < -0.39 is 0 Å². The second-order valence-corrected chi connectivity index (χ2v) is 5.49. The van der Waals surface area contributed by atoms with E-state index in [9.17, 15) is 0 Å². The zero-order valence-corrected chi connectivity index (χ0v) is 10.4. The van der Waals surface area contributed by atoms with Crippen LogP contribution in [0.4, 0.5) is 0 Å². The van der Waals surface area contributed by atoms with Crippen LogP contribution in [0.5, 0.6) is 0 Å². The Labute approximate surface area is 104 Å². The van der Waals surface area contributed by atoms with E-state index in [0.29, 0.717) is 6.04 Å². The molecule has 0 bridgehead atoms. The number of likely N-dealkylation sites (tertiary alicyclic amines) is 1. The predicted molar refractivity (Wildman–Crippen MR) is 69.8 cm³/mol. The number of aromatic amines is 1. The van der Waals surface area contributed by atoms with Gasteiger partial charge in [-0.1, -0.05) is 6.07 Å². The standard InChI is InChI=1S/C12H16N4S/c13-9-3-4-16(7-9)8-10-6-11(15-14-10)12-2-1-5-17-12/h1-2,5-6,9H,3-4,7-8,13H2,(H,14,15)/t9-/m0/s1. The summed E-state index contributed by atoms with van der Waals surface area (Å²) in [5, 5.41) is 9.53. The van der Waals surface area contributed by atoms with Gasteiger partial charge in [-0.2, -0.15) is 5.10 Å². The molecular weight excluding hydrogens is 232 g/mol. The van der Waals surface area contributed by atoms with Crippen LogP contribution in [0.2, 0.25) is 0 Å². The molecule has 0 saturated carbocycles. The number of H-pyrrole nitrogens is 1. The van der Waals surface area contributed by atoms with Crippen LogP contribution in [0.15, 0.2) is 23.6 Å². The third-order valence-electron chi connectivity index (χ3n) is 3.11. The lowest BCUT2D eigenvalue weighted by Gasteiger charge is -2.12. The van der Waals surface area contributed by atoms with Crippen molar-refractivity contribution in [2.24, 2.45) is 5.73 Å². The molecule has 0 unspecified atom stereocenters. The Bertz CT molecular complexity index is 476. The Kier molecular flexibility index (Phi) is 2.96. The van der Waals surface area contributed by atoms with Gasteiger partial charge < -0.3 is 5.73 Å². The van der Waals surface area contributed by atoms with Crippen LogP contribution in [-0.4, -0.2) is 34.2 Å². The lowest BCUT2D eigenvalue weighted by Crippen LogP contribution is -2.26. The van der Waals surface area contributed by atoms with Gasteiger partial charge in [0.1, 0.15) is 5.69 Å². The number of rotatable bonds is 3. The summed E-state index contributed by atoms with van der Waals surface area (Å²) in [5.74, 6) is 0. The molecule has 1 aliphatic heterocycles. The summed E-state index contributed by atoms with van der Waals surface area (Å²) >= 11 is 1.72. The van der Waals surface area contributed by atoms with Crippen molar-refractivity contribution in [1.29, 1.82) is 0 Å². The quantitative estimate of drug-likeness (QED) is 0.868. The molecule has 1 saturated heterocycles. The molecule has 3 N–H and O–H groups in total. The topological polar surface area (TPSA) is 57.9 Å². The molecular formula is C12H16N4S.